The number of hydrogen-bond donors (Lipinski definition) is 0. The zero-order valence-electron chi connectivity index (χ0n) is 3.57. The molecule has 2 aliphatic rings. The van der Waals surface area contributed by atoms with Crippen LogP contribution in [0.15, 0.2) is 23.3 Å². The second kappa shape index (κ2) is 0.604. The lowest BCUT2D eigenvalue weighted by molar-refractivity contribution is 1.38. The fourth-order valence-corrected chi connectivity index (χ4v) is 0.911. The molecule has 2 rings (SSSR count). The largest absolute Gasteiger partial charge is 0.0769 e. The fraction of sp³-hybridized carbons (Fsp3) is 0.333. The van der Waals surface area contributed by atoms with Crippen molar-refractivity contribution < 1.29 is 0 Å². The number of allylic oxidation sites excluding steroid dienone is 4. The molecular formula is C6H6. The fourth-order valence-electron chi connectivity index (χ4n) is 0.911. The molecule has 0 atom stereocenters. The van der Waals surface area contributed by atoms with Gasteiger partial charge >= 0.3 is 0 Å². The van der Waals surface area contributed by atoms with E-state index >= 15 is 0 Å². The number of rotatable bonds is 0. The van der Waals surface area contributed by atoms with Crippen LogP contribution < -0.4 is 0 Å². The van der Waals surface area contributed by atoms with E-state index in [-0.39, 0.29) is 0 Å². The van der Waals surface area contributed by atoms with Gasteiger partial charge in [-0.1, -0.05) is 12.2 Å². The van der Waals surface area contributed by atoms with E-state index in [0.717, 1.165) is 0 Å². The first-order valence-corrected chi connectivity index (χ1v) is 2.35. The summed E-state index contributed by atoms with van der Waals surface area (Å²) in [6, 6.07) is 0. The molecule has 0 nitrogen and oxygen atoms in total. The van der Waals surface area contributed by atoms with E-state index < -0.39 is 0 Å². The maximum atomic E-state index is 2.30. The van der Waals surface area contributed by atoms with Gasteiger partial charge in [-0.2, -0.15) is 0 Å². The quantitative estimate of drug-likeness (QED) is 0.413. The van der Waals surface area contributed by atoms with Gasteiger partial charge in [0.1, 0.15) is 0 Å². The van der Waals surface area contributed by atoms with E-state index in [0.29, 0.717) is 0 Å². The average Bonchev–Trinajstić information content (AvgIpc) is 2.17. The summed E-state index contributed by atoms with van der Waals surface area (Å²) in [5, 5.41) is 0. The molecule has 0 heteroatoms. The Morgan fingerprint density at radius 3 is 2.00 bits per heavy atom. The Morgan fingerprint density at radius 2 is 1.83 bits per heavy atom. The highest BCUT2D eigenvalue weighted by Crippen LogP contribution is 2.41. The molecule has 0 aromatic rings. The van der Waals surface area contributed by atoms with Crippen LogP contribution in [0.3, 0.4) is 0 Å². The lowest BCUT2D eigenvalue weighted by Gasteiger charge is -1.65. The summed E-state index contributed by atoms with van der Waals surface area (Å²) < 4.78 is 0. The SMILES string of the molecule is C1=C2CC2=CC1. The Hall–Kier alpha value is -0.520. The van der Waals surface area contributed by atoms with Crippen molar-refractivity contribution in [3.8, 4) is 0 Å². The lowest BCUT2D eigenvalue weighted by atomic mass is 10.4. The molecular weight excluding hydrogens is 72.1 g/mol. The highest BCUT2D eigenvalue weighted by Gasteiger charge is 2.22. The van der Waals surface area contributed by atoms with Crippen LogP contribution in [-0.2, 0) is 0 Å². The van der Waals surface area contributed by atoms with Crippen LogP contribution in [0.4, 0.5) is 0 Å². The van der Waals surface area contributed by atoms with Gasteiger partial charge in [-0.3, -0.25) is 0 Å². The van der Waals surface area contributed by atoms with E-state index in [1.165, 1.54) is 12.8 Å². The Bertz CT molecular complexity index is 122. The maximum absolute atomic E-state index is 2.30. The predicted octanol–water partition coefficient (Wildman–Crippen LogP) is 1.65. The highest BCUT2D eigenvalue weighted by molar-refractivity contribution is 5.54. The minimum Gasteiger partial charge on any atom is -0.0769 e. The van der Waals surface area contributed by atoms with Crippen molar-refractivity contribution in [2.75, 3.05) is 0 Å². The summed E-state index contributed by atoms with van der Waals surface area (Å²) in [4.78, 5) is 0. The molecule has 0 aromatic heterocycles. The van der Waals surface area contributed by atoms with Crippen molar-refractivity contribution in [1.82, 2.24) is 0 Å². The smallest absolute Gasteiger partial charge is 0.00264 e. The molecule has 0 amide bonds. The molecule has 0 aliphatic heterocycles. The summed E-state index contributed by atoms with van der Waals surface area (Å²) in [6.07, 6.45) is 7.12. The van der Waals surface area contributed by atoms with E-state index in [9.17, 15) is 0 Å². The molecule has 0 heterocycles. The van der Waals surface area contributed by atoms with Gasteiger partial charge in [-0.15, -0.1) is 0 Å². The van der Waals surface area contributed by atoms with E-state index in [2.05, 4.69) is 12.2 Å². The molecule has 1 fully saturated rings. The normalized spacial score (nSPS) is 25.3. The lowest BCUT2D eigenvalue weighted by Crippen LogP contribution is -1.46. The molecule has 0 saturated heterocycles. The summed E-state index contributed by atoms with van der Waals surface area (Å²) in [7, 11) is 0. The molecule has 0 aromatic carbocycles. The van der Waals surface area contributed by atoms with Crippen molar-refractivity contribution in [1.29, 1.82) is 0 Å². The van der Waals surface area contributed by atoms with Crippen molar-refractivity contribution in [3.05, 3.63) is 23.3 Å². The van der Waals surface area contributed by atoms with Gasteiger partial charge in [0, 0.05) is 0 Å². The zero-order chi connectivity index (χ0) is 3.98. The average molecular weight is 78.1 g/mol. The van der Waals surface area contributed by atoms with Crippen LogP contribution in [0.1, 0.15) is 12.8 Å². The molecule has 0 bridgehead atoms. The minimum atomic E-state index is 1.21. The molecule has 30 valence electrons. The summed E-state index contributed by atoms with van der Waals surface area (Å²) >= 11 is 0. The number of fused-ring (bicyclic) bond motifs is 1. The molecule has 2 aliphatic carbocycles. The van der Waals surface area contributed by atoms with Gasteiger partial charge in [0.05, 0.1) is 0 Å². The molecule has 0 N–H and O–H groups in total. The third-order valence-corrected chi connectivity index (χ3v) is 1.40. The second-order valence-corrected chi connectivity index (χ2v) is 1.87. The first kappa shape index (κ1) is 2.62. The third-order valence-electron chi connectivity index (χ3n) is 1.40. The monoisotopic (exact) mass is 78.0 g/mol. The van der Waals surface area contributed by atoms with Crippen LogP contribution in [0.2, 0.25) is 0 Å². The van der Waals surface area contributed by atoms with Crippen LogP contribution in [0.5, 0.6) is 0 Å². The summed E-state index contributed by atoms with van der Waals surface area (Å²) in [5.74, 6) is 0. The molecule has 0 radical (unpaired) electrons. The summed E-state index contributed by atoms with van der Waals surface area (Å²) in [5.41, 5.74) is 3.21. The number of hydrogen-bond acceptors (Lipinski definition) is 0. The van der Waals surface area contributed by atoms with E-state index in [1.54, 1.807) is 11.1 Å². The molecule has 6 heavy (non-hydrogen) atoms. The molecule has 1 saturated carbocycles. The van der Waals surface area contributed by atoms with Crippen LogP contribution >= 0.6 is 0 Å². The van der Waals surface area contributed by atoms with Gasteiger partial charge in [-0.05, 0) is 24.0 Å². The molecule has 0 spiro atoms. The second-order valence-electron chi connectivity index (χ2n) is 1.87. The molecule has 0 unspecified atom stereocenters. The Labute approximate surface area is 37.2 Å². The minimum absolute atomic E-state index is 1.21. The van der Waals surface area contributed by atoms with Gasteiger partial charge < -0.3 is 0 Å². The van der Waals surface area contributed by atoms with Crippen LogP contribution in [0, 0.1) is 0 Å². The van der Waals surface area contributed by atoms with Crippen molar-refractivity contribution in [3.63, 3.8) is 0 Å². The van der Waals surface area contributed by atoms with Crippen molar-refractivity contribution >= 4 is 0 Å². The van der Waals surface area contributed by atoms with Gasteiger partial charge in [-0.25, -0.2) is 0 Å². The Balaban J connectivity index is 2.60. The Morgan fingerprint density at radius 1 is 1.17 bits per heavy atom. The zero-order valence-corrected chi connectivity index (χ0v) is 3.57. The van der Waals surface area contributed by atoms with Crippen LogP contribution in [-0.4, -0.2) is 0 Å². The van der Waals surface area contributed by atoms with Gasteiger partial charge in [0.25, 0.3) is 0 Å². The first-order chi connectivity index (χ1) is 2.97. The van der Waals surface area contributed by atoms with E-state index in [1.807, 2.05) is 0 Å². The van der Waals surface area contributed by atoms with E-state index in [4.69, 9.17) is 0 Å². The van der Waals surface area contributed by atoms with Gasteiger partial charge in [0.2, 0.25) is 0 Å². The van der Waals surface area contributed by atoms with Crippen LogP contribution in [0.25, 0.3) is 0 Å². The standard InChI is InChI=1S/C6H6/c1-2-5-4-6(5)3-1/h2-3H,1,4H2. The summed E-state index contributed by atoms with van der Waals surface area (Å²) in [6.45, 7) is 0. The Kier molecular flexibility index (Phi) is 0.264. The topological polar surface area (TPSA) is 0 Å². The van der Waals surface area contributed by atoms with Gasteiger partial charge in [0.15, 0.2) is 0 Å². The van der Waals surface area contributed by atoms with Crippen molar-refractivity contribution in [2.24, 2.45) is 0 Å². The predicted molar refractivity (Wildman–Crippen MR) is 25.4 cm³/mol. The maximum Gasteiger partial charge on any atom is -0.00264 e. The van der Waals surface area contributed by atoms with Crippen molar-refractivity contribution in [2.45, 2.75) is 12.8 Å². The first-order valence-electron chi connectivity index (χ1n) is 2.35. The third kappa shape index (κ3) is 0.162. The highest BCUT2D eigenvalue weighted by atomic mass is 14.3.